The quantitative estimate of drug-likeness (QED) is 0.883. The summed E-state index contributed by atoms with van der Waals surface area (Å²) < 4.78 is 10.6. The lowest BCUT2D eigenvalue weighted by molar-refractivity contribution is -0.129. The number of fused-ring (bicyclic) bond motifs is 1. The van der Waals surface area contributed by atoms with Crippen LogP contribution in [0.25, 0.3) is 0 Å². The number of carbonyl (C=O) groups is 1. The minimum atomic E-state index is 0.106. The van der Waals surface area contributed by atoms with Crippen LogP contribution in [0.1, 0.15) is 28.9 Å². The van der Waals surface area contributed by atoms with Crippen molar-refractivity contribution >= 4 is 5.91 Å². The monoisotopic (exact) mass is 329 g/mol. The Bertz CT molecular complexity index is 720. The number of rotatable bonds is 6. The molecule has 6 heteroatoms. The number of aromatic amines is 1. The van der Waals surface area contributed by atoms with Crippen molar-refractivity contribution in [2.75, 3.05) is 20.4 Å². The van der Waals surface area contributed by atoms with Crippen LogP contribution in [-0.4, -0.2) is 41.4 Å². The summed E-state index contributed by atoms with van der Waals surface area (Å²) in [6.07, 6.45) is 2.22. The van der Waals surface area contributed by atoms with Gasteiger partial charge in [-0.2, -0.15) is 5.10 Å². The summed E-state index contributed by atoms with van der Waals surface area (Å²) in [5.41, 5.74) is 4.35. The first-order valence-electron chi connectivity index (χ1n) is 8.17. The summed E-state index contributed by atoms with van der Waals surface area (Å²) in [5, 5.41) is 7.20. The van der Waals surface area contributed by atoms with Crippen molar-refractivity contribution in [1.82, 2.24) is 15.1 Å². The number of benzene rings is 1. The predicted molar refractivity (Wildman–Crippen MR) is 90.3 cm³/mol. The maximum atomic E-state index is 12.4. The first-order valence-corrected chi connectivity index (χ1v) is 8.17. The second kappa shape index (κ2) is 6.95. The molecule has 1 aliphatic heterocycles. The highest BCUT2D eigenvalue weighted by Gasteiger charge is 2.16. The zero-order valence-corrected chi connectivity index (χ0v) is 14.4. The largest absolute Gasteiger partial charge is 0.454 e. The van der Waals surface area contributed by atoms with Crippen molar-refractivity contribution in [1.29, 1.82) is 0 Å². The lowest BCUT2D eigenvalue weighted by Gasteiger charge is -2.17. The zero-order chi connectivity index (χ0) is 17.1. The van der Waals surface area contributed by atoms with E-state index < -0.39 is 0 Å². The van der Waals surface area contributed by atoms with Crippen molar-refractivity contribution in [2.24, 2.45) is 0 Å². The van der Waals surface area contributed by atoms with Gasteiger partial charge in [-0.15, -0.1) is 0 Å². The van der Waals surface area contributed by atoms with Crippen LogP contribution < -0.4 is 9.47 Å². The van der Waals surface area contributed by atoms with E-state index in [0.717, 1.165) is 42.1 Å². The fourth-order valence-electron chi connectivity index (χ4n) is 2.92. The second-order valence-corrected chi connectivity index (χ2v) is 6.20. The maximum absolute atomic E-state index is 12.4. The topological polar surface area (TPSA) is 67.5 Å². The SMILES string of the molecule is Cc1n[nH]c(C)c1CCCN(C)C(=O)Cc1ccc2c(c1)OCO2. The summed E-state index contributed by atoms with van der Waals surface area (Å²) in [7, 11) is 1.85. The minimum Gasteiger partial charge on any atom is -0.454 e. The minimum absolute atomic E-state index is 0.106. The van der Waals surface area contributed by atoms with E-state index in [1.165, 1.54) is 5.56 Å². The Kier molecular flexibility index (Phi) is 4.74. The summed E-state index contributed by atoms with van der Waals surface area (Å²) in [6, 6.07) is 5.65. The van der Waals surface area contributed by atoms with Gasteiger partial charge in [0.25, 0.3) is 0 Å². The number of amides is 1. The summed E-state index contributed by atoms with van der Waals surface area (Å²) in [4.78, 5) is 14.2. The first-order chi connectivity index (χ1) is 11.5. The normalized spacial score (nSPS) is 12.5. The Morgan fingerprint density at radius 3 is 2.83 bits per heavy atom. The van der Waals surface area contributed by atoms with E-state index in [1.807, 2.05) is 39.1 Å². The number of ether oxygens (including phenoxy) is 2. The van der Waals surface area contributed by atoms with Crippen LogP contribution in [0.15, 0.2) is 18.2 Å². The molecule has 128 valence electrons. The van der Waals surface area contributed by atoms with Gasteiger partial charge >= 0.3 is 0 Å². The lowest BCUT2D eigenvalue weighted by atomic mass is 10.1. The van der Waals surface area contributed by atoms with Gasteiger partial charge in [0.2, 0.25) is 12.7 Å². The first kappa shape index (κ1) is 16.4. The molecule has 1 aliphatic rings. The molecule has 1 aromatic heterocycles. The number of H-pyrrole nitrogens is 1. The van der Waals surface area contributed by atoms with Gasteiger partial charge in [-0.25, -0.2) is 0 Å². The maximum Gasteiger partial charge on any atom is 0.231 e. The molecular formula is C18H23N3O3. The van der Waals surface area contributed by atoms with E-state index in [1.54, 1.807) is 4.90 Å². The number of nitrogens with one attached hydrogen (secondary N) is 1. The van der Waals surface area contributed by atoms with Gasteiger partial charge in [0, 0.05) is 19.3 Å². The third-order valence-corrected chi connectivity index (χ3v) is 4.42. The number of hydrogen-bond donors (Lipinski definition) is 1. The zero-order valence-electron chi connectivity index (χ0n) is 14.4. The average molecular weight is 329 g/mol. The van der Waals surface area contributed by atoms with Crippen molar-refractivity contribution in [3.05, 3.63) is 40.7 Å². The molecule has 0 radical (unpaired) electrons. The van der Waals surface area contributed by atoms with Crippen molar-refractivity contribution in [3.8, 4) is 11.5 Å². The van der Waals surface area contributed by atoms with Crippen LogP contribution in [0.2, 0.25) is 0 Å². The van der Waals surface area contributed by atoms with Crippen LogP contribution in [0.4, 0.5) is 0 Å². The van der Waals surface area contributed by atoms with E-state index in [4.69, 9.17) is 9.47 Å². The molecule has 1 aromatic carbocycles. The standard InChI is InChI=1S/C18H23N3O3/c1-12-15(13(2)20-19-12)5-4-8-21(3)18(22)10-14-6-7-16-17(9-14)24-11-23-16/h6-7,9H,4-5,8,10-11H2,1-3H3,(H,19,20). The molecule has 0 fully saturated rings. The van der Waals surface area contributed by atoms with Gasteiger partial charge in [0.05, 0.1) is 12.1 Å². The predicted octanol–water partition coefficient (Wildman–Crippen LogP) is 2.39. The highest BCUT2D eigenvalue weighted by atomic mass is 16.7. The number of likely N-dealkylation sites (N-methyl/N-ethyl adjacent to an activating group) is 1. The molecule has 2 aromatic rings. The molecule has 0 atom stereocenters. The molecule has 0 saturated carbocycles. The van der Waals surface area contributed by atoms with E-state index in [2.05, 4.69) is 10.2 Å². The van der Waals surface area contributed by atoms with Crippen LogP contribution in [0, 0.1) is 13.8 Å². The molecule has 24 heavy (non-hydrogen) atoms. The fraction of sp³-hybridized carbons (Fsp3) is 0.444. The fourth-order valence-corrected chi connectivity index (χ4v) is 2.92. The van der Waals surface area contributed by atoms with Crippen LogP contribution in [0.3, 0.4) is 0 Å². The third kappa shape index (κ3) is 3.53. The van der Waals surface area contributed by atoms with Crippen LogP contribution in [-0.2, 0) is 17.6 Å². The Morgan fingerprint density at radius 2 is 2.08 bits per heavy atom. The number of aryl methyl sites for hydroxylation is 2. The van der Waals surface area contributed by atoms with Crippen LogP contribution in [0.5, 0.6) is 11.5 Å². The van der Waals surface area contributed by atoms with Crippen molar-refractivity contribution < 1.29 is 14.3 Å². The molecule has 3 rings (SSSR count). The molecular weight excluding hydrogens is 306 g/mol. The van der Waals surface area contributed by atoms with Gasteiger partial charge in [0.15, 0.2) is 11.5 Å². The molecule has 6 nitrogen and oxygen atoms in total. The lowest BCUT2D eigenvalue weighted by Crippen LogP contribution is -2.29. The Hall–Kier alpha value is -2.50. The van der Waals surface area contributed by atoms with Crippen molar-refractivity contribution in [2.45, 2.75) is 33.1 Å². The van der Waals surface area contributed by atoms with E-state index in [9.17, 15) is 4.79 Å². The van der Waals surface area contributed by atoms with E-state index in [-0.39, 0.29) is 12.7 Å². The Labute approximate surface area is 141 Å². The highest BCUT2D eigenvalue weighted by Crippen LogP contribution is 2.32. The number of aromatic nitrogens is 2. The second-order valence-electron chi connectivity index (χ2n) is 6.20. The number of carbonyl (C=O) groups excluding carboxylic acids is 1. The van der Waals surface area contributed by atoms with E-state index in [0.29, 0.717) is 12.2 Å². The Balaban J connectivity index is 1.50. The van der Waals surface area contributed by atoms with Crippen LogP contribution >= 0.6 is 0 Å². The smallest absolute Gasteiger partial charge is 0.231 e. The molecule has 0 saturated heterocycles. The van der Waals surface area contributed by atoms with Gasteiger partial charge < -0.3 is 14.4 Å². The van der Waals surface area contributed by atoms with Gasteiger partial charge in [-0.3, -0.25) is 9.89 Å². The van der Waals surface area contributed by atoms with E-state index >= 15 is 0 Å². The molecule has 1 N–H and O–H groups in total. The number of nitrogens with zero attached hydrogens (tertiary/aromatic N) is 2. The molecule has 0 unspecified atom stereocenters. The summed E-state index contributed by atoms with van der Waals surface area (Å²) >= 11 is 0. The Morgan fingerprint density at radius 1 is 1.29 bits per heavy atom. The van der Waals surface area contributed by atoms with Gasteiger partial charge in [-0.1, -0.05) is 6.07 Å². The molecule has 2 heterocycles. The molecule has 1 amide bonds. The molecule has 0 aliphatic carbocycles. The summed E-state index contributed by atoms with van der Waals surface area (Å²) in [5.74, 6) is 1.56. The molecule has 0 bridgehead atoms. The van der Waals surface area contributed by atoms with Gasteiger partial charge in [0.1, 0.15) is 0 Å². The third-order valence-electron chi connectivity index (χ3n) is 4.42. The van der Waals surface area contributed by atoms with Gasteiger partial charge in [-0.05, 0) is 49.9 Å². The molecule has 0 spiro atoms. The van der Waals surface area contributed by atoms with Crippen molar-refractivity contribution in [3.63, 3.8) is 0 Å². The highest BCUT2D eigenvalue weighted by molar-refractivity contribution is 5.78. The summed E-state index contributed by atoms with van der Waals surface area (Å²) in [6.45, 7) is 5.02. The average Bonchev–Trinajstić information content (AvgIpc) is 3.15. The number of hydrogen-bond acceptors (Lipinski definition) is 4.